The third kappa shape index (κ3) is 32.8. The lowest BCUT2D eigenvalue weighted by Crippen LogP contribution is -2.33. The molecule has 0 fully saturated rings. The van der Waals surface area contributed by atoms with Crippen LogP contribution in [0.5, 0.6) is 0 Å². The van der Waals surface area contributed by atoms with E-state index in [-0.39, 0.29) is 53.7 Å². The minimum atomic E-state index is -0.425. The highest BCUT2D eigenvalue weighted by atomic mass is 33.3. The van der Waals surface area contributed by atoms with Crippen LogP contribution in [0, 0.1) is 23.7 Å². The van der Waals surface area contributed by atoms with Crippen molar-refractivity contribution in [2.45, 2.75) is 404 Å². The lowest BCUT2D eigenvalue weighted by molar-refractivity contribution is -0.114. The van der Waals surface area contributed by atoms with Gasteiger partial charge < -0.3 is 18.9 Å². The Morgan fingerprint density at radius 3 is 0.712 bits per heavy atom. The number of carbonyl (C=O) groups is 2. The molecule has 0 bridgehead atoms. The molecule has 0 N–H and O–H groups in total. The smallest absolute Gasteiger partial charge is 0.300 e. The summed E-state index contributed by atoms with van der Waals surface area (Å²) in [6.07, 6.45) is 59.4. The molecule has 8 heterocycles. The molecule has 0 spiro atoms. The van der Waals surface area contributed by atoms with Crippen molar-refractivity contribution in [3.63, 3.8) is 0 Å². The molecule has 670 valence electrons. The van der Waals surface area contributed by atoms with Gasteiger partial charge in [0.1, 0.15) is 9.40 Å². The number of rotatable bonds is 61. The highest BCUT2D eigenvalue weighted by molar-refractivity contribution is 9.27. The minimum absolute atomic E-state index is 0.0856. The van der Waals surface area contributed by atoms with Crippen LogP contribution in [0.3, 0.4) is 0 Å². The van der Waals surface area contributed by atoms with Crippen LogP contribution in [0.25, 0.3) is 50.4 Å². The number of hydrogen-bond donors (Lipinski definition) is 0. The standard InChI is InChI=1S/C48H78N2O2S2.C42H66N2O4S2.H16P14/c1-9-13-17-21-23-27-31-37(29-25-19-15-11-3)33-49-41-43(39(35(5)6)47(49)51)53-46-42-44(54-45(41)46)40(36(7)8)48(52)50(42)34-38(30-26-20-16-12-4)32-28-24-22-18-14-10-2;1-5-9-13-17-19-23-27-31(25-21-15-11-7-3)29-43-33-37(35(45)41(43)47)49-40-34-38(50-39(33)40)36(46)42(48)44(34)30-32(26-22-16-12-8-4)28-24-20-18-14-10-6-2;1-9(2)13(10(3)4)14(11(5)6)12(7)8/h37-38H,9-34H2,1-8H3;31-32H,5-30H2,1-4H3;1-8H2. The van der Waals surface area contributed by atoms with Gasteiger partial charge in [0.2, 0.25) is 0 Å². The largest absolute Gasteiger partial charge is 0.305 e. The summed E-state index contributed by atoms with van der Waals surface area (Å²) in [4.78, 5) is 89.5. The Bertz CT molecular complexity index is 3920. The summed E-state index contributed by atoms with van der Waals surface area (Å²) in [5.41, 5.74) is 6.06. The molecule has 12 unspecified atom stereocenters. The molecule has 0 aromatic carbocycles. The molecule has 2 amide bonds. The lowest BCUT2D eigenvalue weighted by Gasteiger charge is -2.37. The Morgan fingerprint density at radius 2 is 0.492 bits per heavy atom. The number of aromatic nitrogens is 2. The molecule has 0 saturated carbocycles. The molecule has 28 heteroatoms. The first kappa shape index (κ1) is 109. The molecule has 0 radical (unpaired) electrons. The summed E-state index contributed by atoms with van der Waals surface area (Å²) >= 11 is 6.26. The van der Waals surface area contributed by atoms with Crippen LogP contribution >= 0.6 is 159 Å². The Morgan fingerprint density at radius 1 is 0.280 bits per heavy atom. The Labute approximate surface area is 757 Å². The number of unbranched alkanes of at least 4 members (excludes halogenated alkanes) is 32. The maximum absolute atomic E-state index is 14.4. The van der Waals surface area contributed by atoms with Gasteiger partial charge in [-0.25, -0.2) is 0 Å². The molecule has 6 aromatic rings. The van der Waals surface area contributed by atoms with E-state index < -0.39 is 22.0 Å². The average molecular weight is 1960 g/mol. The van der Waals surface area contributed by atoms with E-state index in [4.69, 9.17) is 0 Å². The summed E-state index contributed by atoms with van der Waals surface area (Å²) in [6.45, 7) is 30.0. The third-order valence-electron chi connectivity index (χ3n) is 24.2. The molecule has 6 aromatic heterocycles. The summed E-state index contributed by atoms with van der Waals surface area (Å²) in [6, 6.07) is 0. The van der Waals surface area contributed by atoms with E-state index in [1.165, 1.54) is 289 Å². The van der Waals surface area contributed by atoms with Crippen LogP contribution in [0.15, 0.2) is 30.3 Å². The van der Waals surface area contributed by atoms with Crippen LogP contribution in [-0.4, -0.2) is 34.0 Å². The van der Waals surface area contributed by atoms with E-state index in [0.717, 1.165) is 117 Å². The highest BCUT2D eigenvalue weighted by Gasteiger charge is 2.45. The van der Waals surface area contributed by atoms with Crippen LogP contribution in [0.1, 0.15) is 401 Å². The van der Waals surface area contributed by atoms with E-state index in [1.807, 2.05) is 0 Å². The van der Waals surface area contributed by atoms with Crippen molar-refractivity contribution in [3.8, 4) is 0 Å². The zero-order valence-electron chi connectivity index (χ0n) is 75.3. The first-order chi connectivity index (χ1) is 56.8. The predicted molar refractivity (Wildman–Crippen MR) is 579 cm³/mol. The Kier molecular flexibility index (Phi) is 55.5. The van der Waals surface area contributed by atoms with Crippen molar-refractivity contribution in [3.05, 3.63) is 62.1 Å². The third-order valence-corrected chi connectivity index (χ3v) is 108. The Hall–Kier alpha value is 2.04. The second-order valence-electron chi connectivity index (χ2n) is 34.7. The van der Waals surface area contributed by atoms with Gasteiger partial charge in [-0.05, 0) is 145 Å². The summed E-state index contributed by atoms with van der Waals surface area (Å²) in [7, 11) is 24.4. The van der Waals surface area contributed by atoms with Crippen molar-refractivity contribution in [2.75, 3.05) is 22.9 Å². The summed E-state index contributed by atoms with van der Waals surface area (Å²) in [5, 5.41) is 0. The molecular weight excluding hydrogens is 1790 g/mol. The molecule has 0 saturated heterocycles. The predicted octanol–water partition coefficient (Wildman–Crippen LogP) is 35.6. The first-order valence-corrected chi connectivity index (χ1v) is 74.3. The van der Waals surface area contributed by atoms with E-state index in [9.17, 15) is 28.8 Å². The summed E-state index contributed by atoms with van der Waals surface area (Å²) in [5.74, 6) is 2.13. The number of carbonyl (C=O) groups excluding carboxylic acids is 2. The number of allylic oxidation sites excluding steroid dienone is 2. The van der Waals surface area contributed by atoms with Gasteiger partial charge in [0.25, 0.3) is 33.8 Å². The molecule has 118 heavy (non-hydrogen) atoms. The lowest BCUT2D eigenvalue weighted by atomic mass is 9.93. The minimum Gasteiger partial charge on any atom is -0.305 e. The maximum atomic E-state index is 14.4. The molecule has 12 atom stereocenters. The van der Waals surface area contributed by atoms with E-state index >= 15 is 0 Å². The van der Waals surface area contributed by atoms with Gasteiger partial charge in [-0.15, -0.1) is 117 Å². The summed E-state index contributed by atoms with van der Waals surface area (Å²) < 4.78 is 8.68. The second-order valence-corrected chi connectivity index (χ2v) is 92.2. The van der Waals surface area contributed by atoms with Crippen molar-refractivity contribution in [1.82, 2.24) is 9.13 Å². The number of nitrogens with zero attached hydrogens (tertiary/aromatic N) is 4. The van der Waals surface area contributed by atoms with Gasteiger partial charge in [0.05, 0.1) is 62.1 Å². The van der Waals surface area contributed by atoms with Gasteiger partial charge in [-0.1, -0.05) is 323 Å². The fourth-order valence-corrected chi connectivity index (χ4v) is 171. The fourth-order valence-electron chi connectivity index (χ4n) is 17.6. The van der Waals surface area contributed by atoms with Gasteiger partial charge in [0.15, 0.2) is 0 Å². The molecule has 2 aliphatic rings. The van der Waals surface area contributed by atoms with E-state index in [1.54, 1.807) is 31.8 Å². The SMILES string of the molecule is CCCCCCCCC(CCCCCC)CN1C(=O)C(=C(C)C)c2sc3c4c(sc3c21)C(=C(C)C)C(=O)N4CC(CCCCCC)CCCCCCCC.CCCCCCCCC(CCCCCC)Cn1c(=O)c(=O)c2sc3c(sc4c(=O)c(=O)n(CC(CCCCCC)CCCCCCCC)c43)c21.PP(P)P(P(P)P)P(P(P)P)P(P)P. The molecule has 10 nitrogen and oxygen atoms in total. The quantitative estimate of drug-likeness (QED) is 0.0162. The number of anilines is 2. The van der Waals surface area contributed by atoms with Crippen LogP contribution in [-0.2, 0) is 22.7 Å². The fraction of sp³-hybridized carbons (Fsp3) is 0.756. The number of thiophene rings is 4. The topological polar surface area (TPSA) is 119 Å². The monoisotopic (exact) mass is 1950 g/mol. The molecular formula is C90H160N4O6P14S4. The van der Waals surface area contributed by atoms with E-state index in [2.05, 4.69) is 164 Å². The number of hydrogen-bond acceptors (Lipinski definition) is 10. The zero-order valence-corrected chi connectivity index (χ0v) is 93.1. The first-order valence-electron chi connectivity index (χ1n) is 46.5. The van der Waals surface area contributed by atoms with Crippen molar-refractivity contribution in [1.29, 1.82) is 0 Å². The van der Waals surface area contributed by atoms with Crippen molar-refractivity contribution in [2.24, 2.45) is 23.7 Å². The molecule has 2 aliphatic heterocycles. The van der Waals surface area contributed by atoms with Gasteiger partial charge in [0, 0.05) is 26.2 Å². The normalized spacial score (nSPS) is 14.3. The number of amides is 2. The zero-order chi connectivity index (χ0) is 86.4. The molecule has 0 aliphatic carbocycles. The average Bonchev–Trinajstić information content (AvgIpc) is 1.55. The van der Waals surface area contributed by atoms with Gasteiger partial charge >= 0.3 is 0 Å². The second kappa shape index (κ2) is 60.2. The van der Waals surface area contributed by atoms with Crippen molar-refractivity contribution < 1.29 is 9.59 Å². The van der Waals surface area contributed by atoms with E-state index in [0.29, 0.717) is 57.2 Å². The van der Waals surface area contributed by atoms with Gasteiger partial charge in [-0.2, -0.15) is 0 Å². The van der Waals surface area contributed by atoms with Crippen LogP contribution in [0.4, 0.5) is 11.4 Å². The van der Waals surface area contributed by atoms with Crippen LogP contribution in [0.2, 0.25) is 0 Å². The Balaban J connectivity index is 0.000000315. The molecule has 8 rings (SSSR count). The van der Waals surface area contributed by atoms with Crippen LogP contribution < -0.4 is 31.8 Å². The van der Waals surface area contributed by atoms with Crippen molar-refractivity contribution >= 4 is 232 Å². The maximum Gasteiger partial charge on any atom is 0.300 e. The van der Waals surface area contributed by atoms with Gasteiger partial charge in [-0.3, -0.25) is 28.8 Å². The highest BCUT2D eigenvalue weighted by Crippen LogP contribution is 3.21. The number of fused-ring (bicyclic) bond motifs is 10.